The zero-order valence-electron chi connectivity index (χ0n) is 21.6. The van der Waals surface area contributed by atoms with Crippen molar-refractivity contribution in [2.45, 2.75) is 71.0 Å². The molecular formula is C30H35NO5. The summed E-state index contributed by atoms with van der Waals surface area (Å²) in [6.07, 6.45) is 8.06. The minimum atomic E-state index is -1.36. The van der Waals surface area contributed by atoms with Crippen LogP contribution in [0.1, 0.15) is 57.6 Å². The van der Waals surface area contributed by atoms with Gasteiger partial charge in [-0.15, -0.1) is 0 Å². The number of nitrogens with zero attached hydrogens (tertiary/aromatic N) is 1. The first kappa shape index (κ1) is 25.7. The highest BCUT2D eigenvalue weighted by molar-refractivity contribution is 6.08. The van der Waals surface area contributed by atoms with Gasteiger partial charge in [-0.3, -0.25) is 9.79 Å². The molecule has 190 valence electrons. The van der Waals surface area contributed by atoms with Crippen LogP contribution in [0, 0.1) is 5.41 Å². The number of hydrogen-bond donors (Lipinski definition) is 1. The number of hydrogen-bond acceptors (Lipinski definition) is 5. The molecule has 0 aromatic heterocycles. The van der Waals surface area contributed by atoms with E-state index in [2.05, 4.69) is 48.8 Å². The van der Waals surface area contributed by atoms with Gasteiger partial charge in [-0.2, -0.15) is 0 Å². The van der Waals surface area contributed by atoms with E-state index in [1.54, 1.807) is 24.8 Å². The van der Waals surface area contributed by atoms with Crippen LogP contribution in [0.15, 0.2) is 76.5 Å². The Morgan fingerprint density at radius 3 is 2.64 bits per heavy atom. The molecule has 1 heterocycles. The molecule has 1 saturated heterocycles. The van der Waals surface area contributed by atoms with Crippen LogP contribution in [0.3, 0.4) is 0 Å². The number of carboxylic acid groups (broad SMARTS) is 1. The van der Waals surface area contributed by atoms with Crippen molar-refractivity contribution in [3.8, 4) is 0 Å². The Labute approximate surface area is 213 Å². The molecule has 5 rings (SSSR count). The van der Waals surface area contributed by atoms with Gasteiger partial charge in [0, 0.05) is 31.9 Å². The lowest BCUT2D eigenvalue weighted by Gasteiger charge is -2.60. The largest absolute Gasteiger partial charge is 0.506 e. The molecule has 2 saturated carbocycles. The number of aliphatic imine (C=N–C) groups is 1. The normalized spacial score (nSPS) is 30.0. The van der Waals surface area contributed by atoms with Crippen LogP contribution >= 0.6 is 0 Å². The smallest absolute Gasteiger partial charge is 0.481 e. The molecule has 1 N–H and O–H groups in total. The van der Waals surface area contributed by atoms with E-state index < -0.39 is 23.3 Å². The van der Waals surface area contributed by atoms with Crippen molar-refractivity contribution in [3.63, 3.8) is 0 Å². The summed E-state index contributed by atoms with van der Waals surface area (Å²) in [6, 6.07) is 8.75. The number of Topliss-reactive ketones (excluding diaryl/α,β-unsaturated/α-hetero) is 1. The molecule has 36 heavy (non-hydrogen) atoms. The maximum absolute atomic E-state index is 12.6. The van der Waals surface area contributed by atoms with Gasteiger partial charge in [-0.1, -0.05) is 61.1 Å². The second kappa shape index (κ2) is 9.92. The highest BCUT2D eigenvalue weighted by Gasteiger charge is 2.78. The van der Waals surface area contributed by atoms with E-state index in [-0.39, 0.29) is 12.2 Å². The number of benzene rings is 1. The van der Waals surface area contributed by atoms with Crippen molar-refractivity contribution in [2.75, 3.05) is 7.05 Å². The molecule has 0 amide bonds. The Hall–Kier alpha value is -3.41. The van der Waals surface area contributed by atoms with E-state index in [4.69, 9.17) is 9.47 Å². The molecular weight excluding hydrogens is 454 g/mol. The second-order valence-corrected chi connectivity index (χ2v) is 9.98. The van der Waals surface area contributed by atoms with Crippen molar-refractivity contribution in [1.82, 2.24) is 0 Å². The highest BCUT2D eigenvalue weighted by Crippen LogP contribution is 2.68. The van der Waals surface area contributed by atoms with Crippen LogP contribution in [0.5, 0.6) is 0 Å². The molecule has 3 aliphatic carbocycles. The van der Waals surface area contributed by atoms with E-state index in [1.807, 2.05) is 13.8 Å². The quantitative estimate of drug-likeness (QED) is 0.405. The van der Waals surface area contributed by atoms with E-state index in [0.29, 0.717) is 24.3 Å². The predicted octanol–water partition coefficient (Wildman–Crippen LogP) is 6.17. The number of rotatable bonds is 3. The van der Waals surface area contributed by atoms with Crippen LogP contribution in [0.25, 0.3) is 0 Å². The fraction of sp³-hybridized carbons (Fsp3) is 0.433. The van der Waals surface area contributed by atoms with E-state index in [9.17, 15) is 14.7 Å². The van der Waals surface area contributed by atoms with Gasteiger partial charge in [0.05, 0.1) is 11.1 Å². The van der Waals surface area contributed by atoms with Crippen LogP contribution in [-0.4, -0.2) is 41.5 Å². The summed E-state index contributed by atoms with van der Waals surface area (Å²) >= 11 is 0. The minimum absolute atomic E-state index is 0.0269. The number of allylic oxidation sites excluding steroid dienone is 6. The van der Waals surface area contributed by atoms with Crippen LogP contribution in [-0.2, 0) is 27.1 Å². The molecule has 1 aliphatic heterocycles. The van der Waals surface area contributed by atoms with Crippen molar-refractivity contribution in [1.29, 1.82) is 0 Å². The van der Waals surface area contributed by atoms with Gasteiger partial charge in [0.1, 0.15) is 5.76 Å². The monoisotopic (exact) mass is 489 g/mol. The third-order valence-corrected chi connectivity index (χ3v) is 7.94. The number of ketones is 1. The van der Waals surface area contributed by atoms with Crippen LogP contribution in [0.4, 0.5) is 4.79 Å². The SMILES string of the molecule is C=C/C=C1/OC2C(=O)CCC3(OC(=O)O)C(=NC)CC23C1=C(C)C.CCC1=CCc2ccccc2C1. The molecule has 4 aliphatic rings. The molecule has 3 fully saturated rings. The lowest BCUT2D eigenvalue weighted by Crippen LogP contribution is -2.74. The second-order valence-electron chi connectivity index (χ2n) is 9.98. The Balaban J connectivity index is 0.000000211. The summed E-state index contributed by atoms with van der Waals surface area (Å²) in [7, 11) is 1.62. The average molecular weight is 490 g/mol. The highest BCUT2D eigenvalue weighted by atomic mass is 16.7. The van der Waals surface area contributed by atoms with Gasteiger partial charge in [0.15, 0.2) is 17.5 Å². The number of carbonyl (C=O) groups is 2. The third kappa shape index (κ3) is 3.93. The van der Waals surface area contributed by atoms with E-state index >= 15 is 0 Å². The summed E-state index contributed by atoms with van der Waals surface area (Å²) in [5, 5.41) is 9.32. The first-order valence-corrected chi connectivity index (χ1v) is 12.6. The fourth-order valence-corrected chi connectivity index (χ4v) is 6.37. The van der Waals surface area contributed by atoms with Crippen molar-refractivity contribution >= 4 is 17.7 Å². The number of carbonyl (C=O) groups excluding carboxylic acids is 1. The summed E-state index contributed by atoms with van der Waals surface area (Å²) in [5.41, 5.74) is 5.14. The molecule has 6 heteroatoms. The lowest BCUT2D eigenvalue weighted by molar-refractivity contribution is -0.159. The molecule has 1 aromatic carbocycles. The van der Waals surface area contributed by atoms with Gasteiger partial charge in [-0.05, 0) is 50.3 Å². The van der Waals surface area contributed by atoms with Gasteiger partial charge in [0.2, 0.25) is 0 Å². The van der Waals surface area contributed by atoms with Crippen molar-refractivity contribution in [3.05, 3.63) is 82.7 Å². The standard InChI is InChI=1S/C18H21NO5.C12H14/c1-5-6-12-14(10(2)3)17-9-13(19-4)18(17,24-16(21)22)8-7-11(20)15(17)23-12;1-2-10-7-8-11-5-3-4-6-12(11)9-10/h5-6,15H,1,7-9H2,2-4H3,(H,21,22);3-7H,2,8-9H2,1H3/b12-6+,19-13?;. The Morgan fingerprint density at radius 2 is 2.03 bits per heavy atom. The lowest BCUT2D eigenvalue weighted by atomic mass is 9.45. The molecule has 1 aromatic rings. The molecule has 0 radical (unpaired) electrons. The average Bonchev–Trinajstić information content (AvgIpc) is 3.21. The minimum Gasteiger partial charge on any atom is -0.481 e. The Morgan fingerprint density at radius 1 is 1.31 bits per heavy atom. The summed E-state index contributed by atoms with van der Waals surface area (Å²) in [5.74, 6) is 0.541. The summed E-state index contributed by atoms with van der Waals surface area (Å²) < 4.78 is 11.4. The first-order chi connectivity index (χ1) is 17.2. The first-order valence-electron chi connectivity index (χ1n) is 12.6. The van der Waals surface area contributed by atoms with E-state index in [1.165, 1.54) is 24.0 Å². The number of fused-ring (bicyclic) bond motifs is 1. The molecule has 6 nitrogen and oxygen atoms in total. The third-order valence-electron chi connectivity index (χ3n) is 7.94. The van der Waals surface area contributed by atoms with Crippen molar-refractivity contribution < 1.29 is 24.2 Å². The maximum Gasteiger partial charge on any atom is 0.506 e. The van der Waals surface area contributed by atoms with Gasteiger partial charge in [-0.25, -0.2) is 4.79 Å². The molecule has 0 bridgehead atoms. The van der Waals surface area contributed by atoms with Gasteiger partial charge in [0.25, 0.3) is 0 Å². The van der Waals surface area contributed by atoms with Crippen LogP contribution < -0.4 is 0 Å². The summed E-state index contributed by atoms with van der Waals surface area (Å²) in [4.78, 5) is 28.2. The summed E-state index contributed by atoms with van der Waals surface area (Å²) in [6.45, 7) is 9.79. The molecule has 1 spiro atoms. The topological polar surface area (TPSA) is 85.2 Å². The van der Waals surface area contributed by atoms with Gasteiger partial charge < -0.3 is 14.6 Å². The fourth-order valence-electron chi connectivity index (χ4n) is 6.37. The van der Waals surface area contributed by atoms with Gasteiger partial charge >= 0.3 is 6.16 Å². The maximum atomic E-state index is 12.6. The Kier molecular flexibility index (Phi) is 7.07. The molecule has 3 unspecified atom stereocenters. The van der Waals surface area contributed by atoms with Crippen molar-refractivity contribution in [2.24, 2.45) is 10.4 Å². The van der Waals surface area contributed by atoms with E-state index in [0.717, 1.165) is 17.6 Å². The van der Waals surface area contributed by atoms with Crippen LogP contribution in [0.2, 0.25) is 0 Å². The predicted molar refractivity (Wildman–Crippen MR) is 140 cm³/mol. The number of ether oxygens (including phenoxy) is 2. The molecule has 3 atom stereocenters. The zero-order valence-corrected chi connectivity index (χ0v) is 21.6. The Bertz CT molecular complexity index is 1220. The zero-order chi connectivity index (χ0) is 26.1.